The Bertz CT molecular complexity index is 545. The highest BCUT2D eigenvalue weighted by Crippen LogP contribution is 2.25. The van der Waals surface area contributed by atoms with Crippen LogP contribution in [0.1, 0.15) is 17.2 Å². The van der Waals surface area contributed by atoms with Gasteiger partial charge >= 0.3 is 0 Å². The average molecular weight is 277 g/mol. The topological polar surface area (TPSA) is 47.3 Å². The first-order valence-corrected chi connectivity index (χ1v) is 6.46. The van der Waals surface area contributed by atoms with Crippen LogP contribution in [-0.4, -0.2) is 7.11 Å². The molecule has 0 heterocycles. The Morgan fingerprint density at radius 2 is 2.00 bits per heavy atom. The highest BCUT2D eigenvalue weighted by molar-refractivity contribution is 6.30. The third-order valence-corrected chi connectivity index (χ3v) is 3.30. The predicted molar refractivity (Wildman–Crippen MR) is 78.2 cm³/mol. The van der Waals surface area contributed by atoms with E-state index in [1.807, 2.05) is 48.5 Å². The predicted octanol–water partition coefficient (Wildman–Crippen LogP) is 3.10. The lowest BCUT2D eigenvalue weighted by Crippen LogP contribution is -2.29. The maximum absolute atomic E-state index is 6.01. The van der Waals surface area contributed by atoms with Crippen LogP contribution >= 0.6 is 11.6 Å². The van der Waals surface area contributed by atoms with Gasteiger partial charge in [-0.15, -0.1) is 0 Å². The molecular weight excluding hydrogens is 260 g/mol. The number of methoxy groups -OCH3 is 1. The molecule has 19 heavy (non-hydrogen) atoms. The second-order valence-electron chi connectivity index (χ2n) is 4.29. The van der Waals surface area contributed by atoms with E-state index in [1.165, 1.54) is 0 Å². The maximum Gasteiger partial charge on any atom is 0.122 e. The monoisotopic (exact) mass is 276 g/mol. The third-order valence-electron chi connectivity index (χ3n) is 3.07. The number of hydrogen-bond acceptors (Lipinski definition) is 3. The van der Waals surface area contributed by atoms with Gasteiger partial charge in [-0.2, -0.15) is 0 Å². The van der Waals surface area contributed by atoms with Gasteiger partial charge in [-0.3, -0.25) is 11.3 Å². The van der Waals surface area contributed by atoms with Crippen molar-refractivity contribution in [2.45, 2.75) is 12.5 Å². The number of hydrazine groups is 1. The molecule has 0 saturated heterocycles. The molecule has 0 aliphatic heterocycles. The summed E-state index contributed by atoms with van der Waals surface area (Å²) in [5.41, 5.74) is 4.99. The summed E-state index contributed by atoms with van der Waals surface area (Å²) in [5.74, 6) is 6.53. The molecule has 0 bridgehead atoms. The zero-order valence-electron chi connectivity index (χ0n) is 10.8. The molecule has 0 radical (unpaired) electrons. The minimum Gasteiger partial charge on any atom is -0.496 e. The summed E-state index contributed by atoms with van der Waals surface area (Å²) in [5, 5.41) is 0.706. The van der Waals surface area contributed by atoms with Gasteiger partial charge in [-0.25, -0.2) is 0 Å². The summed E-state index contributed by atoms with van der Waals surface area (Å²) < 4.78 is 5.36. The van der Waals surface area contributed by atoms with Crippen molar-refractivity contribution in [3.63, 3.8) is 0 Å². The molecule has 0 aromatic heterocycles. The average Bonchev–Trinajstić information content (AvgIpc) is 2.45. The van der Waals surface area contributed by atoms with Crippen LogP contribution in [0, 0.1) is 0 Å². The molecule has 2 aromatic rings. The van der Waals surface area contributed by atoms with Gasteiger partial charge in [0.15, 0.2) is 0 Å². The molecule has 0 spiro atoms. The molecule has 0 aliphatic carbocycles. The minimum atomic E-state index is -0.00463. The highest BCUT2D eigenvalue weighted by Gasteiger charge is 2.13. The number of hydrogen-bond donors (Lipinski definition) is 2. The number of rotatable bonds is 5. The molecule has 3 nitrogen and oxygen atoms in total. The molecule has 100 valence electrons. The molecule has 0 saturated carbocycles. The van der Waals surface area contributed by atoms with Gasteiger partial charge in [0.25, 0.3) is 0 Å². The first-order valence-electron chi connectivity index (χ1n) is 6.08. The van der Waals surface area contributed by atoms with Gasteiger partial charge in [0.05, 0.1) is 13.2 Å². The van der Waals surface area contributed by atoms with Crippen molar-refractivity contribution in [3.05, 3.63) is 64.7 Å². The van der Waals surface area contributed by atoms with Crippen LogP contribution in [0.3, 0.4) is 0 Å². The second kappa shape index (κ2) is 6.57. The Morgan fingerprint density at radius 3 is 2.68 bits per heavy atom. The van der Waals surface area contributed by atoms with Crippen molar-refractivity contribution in [3.8, 4) is 5.75 Å². The molecule has 4 heteroatoms. The SMILES string of the molecule is COc1ccccc1CC(NN)c1cccc(Cl)c1. The Hall–Kier alpha value is -1.55. The number of nitrogens with one attached hydrogen (secondary N) is 1. The molecule has 1 unspecified atom stereocenters. The van der Waals surface area contributed by atoms with Crippen molar-refractivity contribution in [1.82, 2.24) is 5.43 Å². The summed E-state index contributed by atoms with van der Waals surface area (Å²) >= 11 is 6.01. The van der Waals surface area contributed by atoms with Crippen LogP contribution in [-0.2, 0) is 6.42 Å². The number of halogens is 1. The summed E-state index contributed by atoms with van der Waals surface area (Å²) in [6.07, 6.45) is 0.737. The van der Waals surface area contributed by atoms with Crippen molar-refractivity contribution in [2.75, 3.05) is 7.11 Å². The fourth-order valence-corrected chi connectivity index (χ4v) is 2.29. The number of benzene rings is 2. The molecule has 3 N–H and O–H groups in total. The molecule has 0 fully saturated rings. The molecule has 2 aromatic carbocycles. The molecule has 0 amide bonds. The van der Waals surface area contributed by atoms with Gasteiger partial charge in [0.2, 0.25) is 0 Å². The van der Waals surface area contributed by atoms with Crippen LogP contribution in [0.2, 0.25) is 5.02 Å². The Kier molecular flexibility index (Phi) is 4.80. The van der Waals surface area contributed by atoms with Gasteiger partial charge < -0.3 is 4.74 Å². The van der Waals surface area contributed by atoms with Crippen molar-refractivity contribution in [1.29, 1.82) is 0 Å². The zero-order valence-corrected chi connectivity index (χ0v) is 11.5. The molecular formula is C15H17ClN2O. The quantitative estimate of drug-likeness (QED) is 0.652. The smallest absolute Gasteiger partial charge is 0.122 e. The maximum atomic E-state index is 6.01. The summed E-state index contributed by atoms with van der Waals surface area (Å²) in [6, 6.07) is 15.6. The molecule has 2 rings (SSSR count). The lowest BCUT2D eigenvalue weighted by atomic mass is 9.99. The fraction of sp³-hybridized carbons (Fsp3) is 0.200. The van der Waals surface area contributed by atoms with Gasteiger partial charge in [-0.05, 0) is 35.7 Å². The van der Waals surface area contributed by atoms with E-state index in [9.17, 15) is 0 Å². The van der Waals surface area contributed by atoms with E-state index in [2.05, 4.69) is 5.43 Å². The van der Waals surface area contributed by atoms with Gasteiger partial charge in [-0.1, -0.05) is 41.9 Å². The Labute approximate surface area is 118 Å². The highest BCUT2D eigenvalue weighted by atomic mass is 35.5. The van der Waals surface area contributed by atoms with E-state index in [0.717, 1.165) is 23.3 Å². The first-order chi connectivity index (χ1) is 9.24. The first kappa shape index (κ1) is 13.9. The van der Waals surface area contributed by atoms with E-state index in [1.54, 1.807) is 7.11 Å². The van der Waals surface area contributed by atoms with Crippen LogP contribution in [0.4, 0.5) is 0 Å². The standard InChI is InChI=1S/C15H17ClN2O/c1-19-15-8-3-2-5-12(15)10-14(18-17)11-6-4-7-13(16)9-11/h2-9,14,18H,10,17H2,1H3. The van der Waals surface area contributed by atoms with E-state index in [4.69, 9.17) is 22.2 Å². The molecule has 1 atom stereocenters. The van der Waals surface area contributed by atoms with E-state index < -0.39 is 0 Å². The summed E-state index contributed by atoms with van der Waals surface area (Å²) in [4.78, 5) is 0. The normalized spacial score (nSPS) is 12.2. The minimum absolute atomic E-state index is 0.00463. The number of nitrogens with two attached hydrogens (primary N) is 1. The number of ether oxygens (including phenoxy) is 1. The van der Waals surface area contributed by atoms with Crippen molar-refractivity contribution < 1.29 is 4.74 Å². The summed E-state index contributed by atoms with van der Waals surface area (Å²) in [6.45, 7) is 0. The van der Waals surface area contributed by atoms with E-state index >= 15 is 0 Å². The van der Waals surface area contributed by atoms with Gasteiger partial charge in [0.1, 0.15) is 5.75 Å². The summed E-state index contributed by atoms with van der Waals surface area (Å²) in [7, 11) is 1.67. The largest absolute Gasteiger partial charge is 0.496 e. The Morgan fingerprint density at radius 1 is 1.21 bits per heavy atom. The number of para-hydroxylation sites is 1. The van der Waals surface area contributed by atoms with Crippen LogP contribution in [0.5, 0.6) is 5.75 Å². The van der Waals surface area contributed by atoms with Gasteiger partial charge in [0, 0.05) is 5.02 Å². The zero-order chi connectivity index (χ0) is 13.7. The lowest BCUT2D eigenvalue weighted by molar-refractivity contribution is 0.405. The fourth-order valence-electron chi connectivity index (χ4n) is 2.09. The van der Waals surface area contributed by atoms with E-state index in [0.29, 0.717) is 5.02 Å². The Balaban J connectivity index is 2.24. The van der Waals surface area contributed by atoms with E-state index in [-0.39, 0.29) is 6.04 Å². The van der Waals surface area contributed by atoms with Crippen LogP contribution < -0.4 is 16.0 Å². The molecule has 0 aliphatic rings. The van der Waals surface area contributed by atoms with Crippen LogP contribution in [0.25, 0.3) is 0 Å². The van der Waals surface area contributed by atoms with Crippen molar-refractivity contribution >= 4 is 11.6 Å². The third kappa shape index (κ3) is 3.47. The van der Waals surface area contributed by atoms with Crippen molar-refractivity contribution in [2.24, 2.45) is 5.84 Å². The van der Waals surface area contributed by atoms with Crippen LogP contribution in [0.15, 0.2) is 48.5 Å². The lowest BCUT2D eigenvalue weighted by Gasteiger charge is -2.18. The second-order valence-corrected chi connectivity index (χ2v) is 4.73.